The molecule has 0 fully saturated rings. The number of carbonyl (C=O) groups excluding carboxylic acids is 3. The number of hydrogen-bond donors (Lipinski definition) is 2. The molecule has 0 saturated heterocycles. The van der Waals surface area contributed by atoms with Gasteiger partial charge in [-0.2, -0.15) is 10.4 Å². The first-order valence-electron chi connectivity index (χ1n) is 11.3. The van der Waals surface area contributed by atoms with Crippen LogP contribution in [0, 0.1) is 23.0 Å². The molecule has 14 heteroatoms. The fourth-order valence-corrected chi connectivity index (χ4v) is 4.43. The average Bonchev–Trinajstić information content (AvgIpc) is 2.87. The Morgan fingerprint density at radius 3 is 2.40 bits per heavy atom. The normalized spacial score (nSPS) is 12.8. The van der Waals surface area contributed by atoms with E-state index >= 15 is 0 Å². The summed E-state index contributed by atoms with van der Waals surface area (Å²) in [6, 6.07) is 12.1. The van der Waals surface area contributed by atoms with Crippen LogP contribution in [0.15, 0.2) is 53.6 Å². The Hall–Kier alpha value is -4.73. The number of fused-ring (bicyclic) bond motifs is 1. The predicted octanol–water partition coefficient (Wildman–Crippen LogP) is 5.18. The number of amides is 2. The Balaban J connectivity index is 1.47. The lowest BCUT2D eigenvalue weighted by Crippen LogP contribution is -2.37. The largest absolute Gasteiger partial charge is 0.454 e. The topological polar surface area (TPSA) is 147 Å². The second kappa shape index (κ2) is 12.0. The smallest absolute Gasteiger partial charge is 0.412 e. The number of rotatable bonds is 7. The number of primary amides is 1. The second-order valence-corrected chi connectivity index (χ2v) is 9.15. The van der Waals surface area contributed by atoms with Crippen LogP contribution in [0.3, 0.4) is 0 Å². The fraction of sp³-hybridized carbons (Fsp3) is 0.115. The van der Waals surface area contributed by atoms with E-state index in [2.05, 4.69) is 15.3 Å². The number of benzene rings is 3. The zero-order chi connectivity index (χ0) is 29.0. The minimum Gasteiger partial charge on any atom is -0.454 e. The van der Waals surface area contributed by atoms with Crippen LogP contribution in [-0.4, -0.2) is 35.1 Å². The van der Waals surface area contributed by atoms with Gasteiger partial charge in [-0.25, -0.2) is 18.4 Å². The van der Waals surface area contributed by atoms with Crippen LogP contribution in [0.2, 0.25) is 10.0 Å². The van der Waals surface area contributed by atoms with Crippen LogP contribution in [0.5, 0.6) is 11.5 Å². The number of esters is 1. The van der Waals surface area contributed by atoms with Crippen molar-refractivity contribution in [2.24, 2.45) is 10.8 Å². The van der Waals surface area contributed by atoms with Gasteiger partial charge in [-0.05, 0) is 60.0 Å². The number of nitrogens with two attached hydrogens (primary N) is 1. The maximum Gasteiger partial charge on any atom is 0.412 e. The lowest BCUT2D eigenvalue weighted by atomic mass is 9.98. The molecule has 3 N–H and O–H groups in total. The van der Waals surface area contributed by atoms with Crippen molar-refractivity contribution < 1.29 is 32.6 Å². The van der Waals surface area contributed by atoms with Crippen molar-refractivity contribution in [1.29, 1.82) is 5.26 Å². The lowest BCUT2D eigenvalue weighted by molar-refractivity contribution is -0.129. The number of nitrogens with one attached hydrogen (secondary N) is 1. The van der Waals surface area contributed by atoms with Crippen molar-refractivity contribution >= 4 is 52.6 Å². The van der Waals surface area contributed by atoms with Crippen molar-refractivity contribution in [2.75, 3.05) is 12.0 Å². The van der Waals surface area contributed by atoms with E-state index in [1.807, 2.05) is 0 Å². The number of nitrogens with zero attached hydrogens (tertiary/aromatic N) is 3. The van der Waals surface area contributed by atoms with Crippen molar-refractivity contribution in [3.05, 3.63) is 86.9 Å². The van der Waals surface area contributed by atoms with Gasteiger partial charge in [0.15, 0.2) is 5.75 Å². The maximum atomic E-state index is 13.5. The lowest BCUT2D eigenvalue weighted by Gasteiger charge is -2.29. The van der Waals surface area contributed by atoms with Gasteiger partial charge in [-0.1, -0.05) is 23.2 Å². The predicted molar refractivity (Wildman–Crippen MR) is 140 cm³/mol. The number of ether oxygens (including phenoxy) is 2. The van der Waals surface area contributed by atoms with Crippen LogP contribution in [0.25, 0.3) is 0 Å². The van der Waals surface area contributed by atoms with Gasteiger partial charge in [0.05, 0.1) is 15.7 Å². The highest BCUT2D eigenvalue weighted by atomic mass is 35.5. The van der Waals surface area contributed by atoms with Gasteiger partial charge in [-0.3, -0.25) is 10.2 Å². The fourth-order valence-electron chi connectivity index (χ4n) is 3.87. The van der Waals surface area contributed by atoms with E-state index in [9.17, 15) is 23.2 Å². The van der Waals surface area contributed by atoms with Crippen molar-refractivity contribution in [3.63, 3.8) is 0 Å². The van der Waals surface area contributed by atoms with Gasteiger partial charge in [0, 0.05) is 24.7 Å². The first-order valence-corrected chi connectivity index (χ1v) is 12.1. The second-order valence-electron chi connectivity index (χ2n) is 8.34. The molecule has 40 heavy (non-hydrogen) atoms. The first kappa shape index (κ1) is 28.3. The summed E-state index contributed by atoms with van der Waals surface area (Å²) in [4.78, 5) is 36.8. The van der Waals surface area contributed by atoms with E-state index < -0.39 is 29.4 Å². The number of nitriles is 1. The number of halogens is 4. The summed E-state index contributed by atoms with van der Waals surface area (Å²) >= 11 is 12.6. The molecular weight excluding hydrogens is 571 g/mol. The molecule has 0 saturated carbocycles. The van der Waals surface area contributed by atoms with Gasteiger partial charge in [0.25, 0.3) is 5.91 Å². The summed E-state index contributed by atoms with van der Waals surface area (Å²) in [5.41, 5.74) is 8.01. The Kier molecular flexibility index (Phi) is 8.47. The van der Waals surface area contributed by atoms with Crippen molar-refractivity contribution in [3.8, 4) is 17.6 Å². The van der Waals surface area contributed by atoms with Gasteiger partial charge >= 0.3 is 12.1 Å². The van der Waals surface area contributed by atoms with Crippen LogP contribution < -0.4 is 15.9 Å². The molecule has 2 amide bonds. The molecule has 4 rings (SSSR count). The molecule has 0 unspecified atom stereocenters. The minimum atomic E-state index is -1.40. The molecule has 0 aromatic heterocycles. The summed E-state index contributed by atoms with van der Waals surface area (Å²) in [5.74, 6) is -2.64. The van der Waals surface area contributed by atoms with Crippen LogP contribution >= 0.6 is 23.2 Å². The molecule has 3 aromatic carbocycles. The van der Waals surface area contributed by atoms with Crippen molar-refractivity contribution in [1.82, 2.24) is 4.90 Å². The van der Waals surface area contributed by atoms with Gasteiger partial charge in [0.2, 0.25) is 5.71 Å². The van der Waals surface area contributed by atoms with Gasteiger partial charge in [-0.15, -0.1) is 0 Å². The Morgan fingerprint density at radius 1 is 1.10 bits per heavy atom. The molecule has 0 bridgehead atoms. The molecule has 10 nitrogen and oxygen atoms in total. The zero-order valence-electron chi connectivity index (χ0n) is 20.2. The molecule has 204 valence electrons. The van der Waals surface area contributed by atoms with E-state index in [0.29, 0.717) is 35.4 Å². The van der Waals surface area contributed by atoms with E-state index in [4.69, 9.17) is 38.9 Å². The van der Waals surface area contributed by atoms with Gasteiger partial charge < -0.3 is 20.1 Å². The summed E-state index contributed by atoms with van der Waals surface area (Å²) in [6.45, 7) is 0.385. The first-order chi connectivity index (χ1) is 19.0. The Bertz CT molecular complexity index is 1570. The highest BCUT2D eigenvalue weighted by molar-refractivity contribution is 6.44. The van der Waals surface area contributed by atoms with E-state index in [-0.39, 0.29) is 33.9 Å². The third-order valence-electron chi connectivity index (χ3n) is 5.55. The summed E-state index contributed by atoms with van der Waals surface area (Å²) in [6.07, 6.45) is -0.928. The quantitative estimate of drug-likeness (QED) is 0.167. The van der Waals surface area contributed by atoms with E-state index in [1.165, 1.54) is 35.2 Å². The highest BCUT2D eigenvalue weighted by Crippen LogP contribution is 2.39. The number of hydrazone groups is 1. The molecule has 0 aliphatic carbocycles. The summed E-state index contributed by atoms with van der Waals surface area (Å²) in [5, 5.41) is 12.7. The molecular formula is C26H17Cl2F2N5O5. The Morgan fingerprint density at radius 2 is 1.77 bits per heavy atom. The third-order valence-corrected chi connectivity index (χ3v) is 6.11. The zero-order valence-corrected chi connectivity index (χ0v) is 21.7. The molecule has 0 spiro atoms. The molecule has 1 heterocycles. The number of anilines is 1. The molecule has 3 aromatic rings. The number of carbonyl (C=O) groups is 3. The van der Waals surface area contributed by atoms with Crippen LogP contribution in [0.1, 0.15) is 21.5 Å². The minimum absolute atomic E-state index is 0.0470. The molecule has 0 atom stereocenters. The number of hydrogen-bond acceptors (Lipinski definition) is 8. The highest BCUT2D eigenvalue weighted by Gasteiger charge is 2.25. The van der Waals surface area contributed by atoms with Gasteiger partial charge in [0.1, 0.15) is 23.5 Å². The van der Waals surface area contributed by atoms with E-state index in [0.717, 1.165) is 6.07 Å². The standard InChI is InChI=1S/C26H17Cl2F2N5O5/c27-20-9-17(33-34-22(11-31)25(37)40-26(32)38)10-21(28)23(20)39-18-1-2-19-14(7-18)3-4-35(24(19)36)12-13-5-15(29)8-16(30)6-13/h1-2,5-10,33H,3-4,12H2,(H2,32,38). The van der Waals surface area contributed by atoms with Crippen molar-refractivity contribution in [2.45, 2.75) is 13.0 Å². The third kappa shape index (κ3) is 6.63. The molecule has 1 aliphatic rings. The molecule has 0 radical (unpaired) electrons. The maximum absolute atomic E-state index is 13.5. The summed E-state index contributed by atoms with van der Waals surface area (Å²) in [7, 11) is 0. The van der Waals surface area contributed by atoms with E-state index in [1.54, 1.807) is 18.2 Å². The Labute approximate surface area is 235 Å². The van der Waals surface area contributed by atoms with Crippen LogP contribution in [-0.2, 0) is 22.5 Å². The summed E-state index contributed by atoms with van der Waals surface area (Å²) < 4.78 is 37.0. The monoisotopic (exact) mass is 587 g/mol. The van der Waals surface area contributed by atoms with Crippen LogP contribution in [0.4, 0.5) is 19.3 Å². The molecule has 1 aliphatic heterocycles. The average molecular weight is 588 g/mol. The SMILES string of the molecule is N#CC(=NNc1cc(Cl)c(Oc2ccc3c(c2)CCN(Cc2cc(F)cc(F)c2)C3=O)c(Cl)c1)C(=O)OC(N)=O.